The van der Waals surface area contributed by atoms with Gasteiger partial charge < -0.3 is 9.30 Å². The normalized spacial score (nSPS) is 10.7. The van der Waals surface area contributed by atoms with Crippen LogP contribution >= 0.6 is 0 Å². The number of aryl methyl sites for hydroxylation is 2. The Kier molecular flexibility index (Phi) is 4.02. The molecule has 5 heteroatoms. The largest absolute Gasteiger partial charge is 0.496 e. The number of nitrogens with one attached hydrogen (secondary N) is 1. The van der Waals surface area contributed by atoms with Crippen molar-refractivity contribution in [3.05, 3.63) is 53.6 Å². The van der Waals surface area contributed by atoms with E-state index >= 15 is 0 Å². The van der Waals surface area contributed by atoms with Crippen molar-refractivity contribution in [3.8, 4) is 5.75 Å². The molecule has 0 bridgehead atoms. The monoisotopic (exact) mass is 309 g/mol. The number of ether oxygens (including phenoxy) is 1. The van der Waals surface area contributed by atoms with Gasteiger partial charge in [-0.3, -0.25) is 10.1 Å². The molecule has 1 aromatic heterocycles. The maximum Gasteiger partial charge on any atom is 0.258 e. The van der Waals surface area contributed by atoms with Gasteiger partial charge in [-0.25, -0.2) is 4.98 Å². The van der Waals surface area contributed by atoms with Crippen LogP contribution in [0.5, 0.6) is 5.75 Å². The maximum atomic E-state index is 12.5. The van der Waals surface area contributed by atoms with Gasteiger partial charge in [0.25, 0.3) is 5.91 Å². The molecule has 2 aromatic carbocycles. The summed E-state index contributed by atoms with van der Waals surface area (Å²) in [5, 5.41) is 2.90. The van der Waals surface area contributed by atoms with Crippen LogP contribution < -0.4 is 10.1 Å². The highest BCUT2D eigenvalue weighted by Gasteiger charge is 2.14. The van der Waals surface area contributed by atoms with Crippen molar-refractivity contribution in [1.82, 2.24) is 9.55 Å². The van der Waals surface area contributed by atoms with Gasteiger partial charge in [-0.05, 0) is 43.7 Å². The van der Waals surface area contributed by atoms with Crippen LogP contribution in [0.3, 0.4) is 0 Å². The third-order valence-corrected chi connectivity index (χ3v) is 3.87. The second kappa shape index (κ2) is 6.12. The average Bonchev–Trinajstić information content (AvgIpc) is 2.92. The van der Waals surface area contributed by atoms with E-state index in [4.69, 9.17) is 4.74 Å². The van der Waals surface area contributed by atoms with Crippen LogP contribution in [0.1, 0.15) is 22.8 Å². The Morgan fingerprint density at radius 1 is 1.26 bits per heavy atom. The third kappa shape index (κ3) is 2.77. The molecule has 118 valence electrons. The van der Waals surface area contributed by atoms with E-state index in [0.717, 1.165) is 23.1 Å². The maximum absolute atomic E-state index is 12.5. The topological polar surface area (TPSA) is 56.2 Å². The van der Waals surface area contributed by atoms with E-state index in [2.05, 4.69) is 10.3 Å². The second-order valence-corrected chi connectivity index (χ2v) is 5.31. The predicted molar refractivity (Wildman–Crippen MR) is 91.1 cm³/mol. The highest BCUT2D eigenvalue weighted by Crippen LogP contribution is 2.22. The molecule has 0 fully saturated rings. The minimum atomic E-state index is -0.201. The minimum absolute atomic E-state index is 0.201. The van der Waals surface area contributed by atoms with Crippen molar-refractivity contribution < 1.29 is 9.53 Å². The number of hydrogen-bond donors (Lipinski definition) is 1. The number of fused-ring (bicyclic) bond motifs is 1. The van der Waals surface area contributed by atoms with Crippen molar-refractivity contribution >= 4 is 22.9 Å². The number of imidazole rings is 1. The van der Waals surface area contributed by atoms with Crippen molar-refractivity contribution in [1.29, 1.82) is 0 Å². The molecule has 0 spiro atoms. The fourth-order valence-electron chi connectivity index (χ4n) is 2.63. The van der Waals surface area contributed by atoms with Crippen molar-refractivity contribution in [2.24, 2.45) is 0 Å². The molecule has 3 aromatic rings. The van der Waals surface area contributed by atoms with Gasteiger partial charge >= 0.3 is 0 Å². The highest BCUT2D eigenvalue weighted by molar-refractivity contribution is 6.04. The lowest BCUT2D eigenvalue weighted by Gasteiger charge is -2.09. The number of carbonyl (C=O) groups excluding carboxylic acids is 1. The molecule has 1 N–H and O–H groups in total. The summed E-state index contributed by atoms with van der Waals surface area (Å²) in [7, 11) is 1.60. The summed E-state index contributed by atoms with van der Waals surface area (Å²) in [6, 6.07) is 13.2. The highest BCUT2D eigenvalue weighted by atomic mass is 16.5. The molecule has 0 saturated heterocycles. The molecule has 23 heavy (non-hydrogen) atoms. The number of methoxy groups -OCH3 is 1. The fourth-order valence-corrected chi connectivity index (χ4v) is 2.63. The first-order valence-corrected chi connectivity index (χ1v) is 7.55. The summed E-state index contributed by atoms with van der Waals surface area (Å²) in [6.07, 6.45) is 0. The predicted octanol–water partition coefficient (Wildman–Crippen LogP) is 3.63. The quantitative estimate of drug-likeness (QED) is 0.800. The van der Waals surface area contributed by atoms with E-state index in [1.54, 1.807) is 19.2 Å². The van der Waals surface area contributed by atoms with Crippen LogP contribution in [0.25, 0.3) is 11.0 Å². The van der Waals surface area contributed by atoms with Gasteiger partial charge in [-0.2, -0.15) is 0 Å². The van der Waals surface area contributed by atoms with E-state index < -0.39 is 0 Å². The van der Waals surface area contributed by atoms with Crippen LogP contribution in [0, 0.1) is 6.92 Å². The average molecular weight is 309 g/mol. The van der Waals surface area contributed by atoms with Gasteiger partial charge in [0.05, 0.1) is 18.1 Å². The van der Waals surface area contributed by atoms with Crippen LogP contribution in [-0.2, 0) is 6.54 Å². The van der Waals surface area contributed by atoms with Crippen molar-refractivity contribution in [2.45, 2.75) is 20.4 Å². The van der Waals surface area contributed by atoms with E-state index in [9.17, 15) is 4.79 Å². The first kappa shape index (κ1) is 15.1. The number of anilines is 1. The van der Waals surface area contributed by atoms with E-state index in [1.165, 1.54) is 0 Å². The van der Waals surface area contributed by atoms with Crippen LogP contribution in [0.4, 0.5) is 5.95 Å². The summed E-state index contributed by atoms with van der Waals surface area (Å²) in [5.74, 6) is 1.05. The number of carbonyl (C=O) groups is 1. The number of amides is 1. The van der Waals surface area contributed by atoms with Gasteiger partial charge in [-0.1, -0.05) is 18.2 Å². The summed E-state index contributed by atoms with van der Waals surface area (Å²) >= 11 is 0. The molecule has 1 heterocycles. The smallest absolute Gasteiger partial charge is 0.258 e. The molecule has 0 aliphatic rings. The lowest BCUT2D eigenvalue weighted by Crippen LogP contribution is -2.16. The van der Waals surface area contributed by atoms with Gasteiger partial charge in [0.2, 0.25) is 5.95 Å². The standard InChI is InChI=1S/C18H19N3O2/c1-4-21-15-8-6-5-7-14(15)19-18(21)20-17(22)13-10-9-12(2)16(11-13)23-3/h5-11H,4H2,1-3H3,(H,19,20,22). The summed E-state index contributed by atoms with van der Waals surface area (Å²) < 4.78 is 7.26. The molecule has 0 saturated carbocycles. The molecule has 1 amide bonds. The Hall–Kier alpha value is -2.82. The molecule has 0 aliphatic carbocycles. The molecule has 3 rings (SSSR count). The van der Waals surface area contributed by atoms with Gasteiger partial charge in [0.1, 0.15) is 5.75 Å². The first-order valence-electron chi connectivity index (χ1n) is 7.55. The van der Waals surface area contributed by atoms with Gasteiger partial charge in [0.15, 0.2) is 0 Å². The molecular formula is C18H19N3O2. The third-order valence-electron chi connectivity index (χ3n) is 3.87. The molecule has 0 aliphatic heterocycles. The van der Waals surface area contributed by atoms with Crippen LogP contribution in [-0.4, -0.2) is 22.6 Å². The summed E-state index contributed by atoms with van der Waals surface area (Å²) in [6.45, 7) is 4.70. The molecule has 5 nitrogen and oxygen atoms in total. The van der Waals surface area contributed by atoms with Crippen LogP contribution in [0.15, 0.2) is 42.5 Å². The zero-order valence-corrected chi connectivity index (χ0v) is 13.5. The number of hydrogen-bond acceptors (Lipinski definition) is 3. The Labute approximate surface area is 134 Å². The van der Waals surface area contributed by atoms with Crippen LogP contribution in [0.2, 0.25) is 0 Å². The van der Waals surface area contributed by atoms with Crippen molar-refractivity contribution in [3.63, 3.8) is 0 Å². The number of rotatable bonds is 4. The SMILES string of the molecule is CCn1c(NC(=O)c2ccc(C)c(OC)c2)nc2ccccc21. The fraction of sp³-hybridized carbons (Fsp3) is 0.222. The Morgan fingerprint density at radius 2 is 2.04 bits per heavy atom. The molecular weight excluding hydrogens is 290 g/mol. The Morgan fingerprint density at radius 3 is 2.78 bits per heavy atom. The lowest BCUT2D eigenvalue weighted by atomic mass is 10.1. The molecule has 0 radical (unpaired) electrons. The van der Waals surface area contributed by atoms with Crippen molar-refractivity contribution in [2.75, 3.05) is 12.4 Å². The summed E-state index contributed by atoms with van der Waals surface area (Å²) in [5.41, 5.74) is 3.41. The number of para-hydroxylation sites is 2. The molecule has 0 unspecified atom stereocenters. The first-order chi connectivity index (χ1) is 11.1. The molecule has 0 atom stereocenters. The zero-order valence-electron chi connectivity index (χ0n) is 13.5. The Balaban J connectivity index is 1.94. The number of benzene rings is 2. The van der Waals surface area contributed by atoms with Gasteiger partial charge in [0, 0.05) is 12.1 Å². The minimum Gasteiger partial charge on any atom is -0.496 e. The lowest BCUT2D eigenvalue weighted by molar-refractivity contribution is 0.102. The number of nitrogens with zero attached hydrogens (tertiary/aromatic N) is 2. The summed E-state index contributed by atoms with van der Waals surface area (Å²) in [4.78, 5) is 17.0. The Bertz CT molecular complexity index is 868. The zero-order chi connectivity index (χ0) is 16.4. The van der Waals surface area contributed by atoms with E-state index in [-0.39, 0.29) is 5.91 Å². The van der Waals surface area contributed by atoms with Gasteiger partial charge in [-0.15, -0.1) is 0 Å². The van der Waals surface area contributed by atoms with E-state index in [0.29, 0.717) is 17.3 Å². The second-order valence-electron chi connectivity index (χ2n) is 5.31. The van der Waals surface area contributed by atoms with E-state index in [1.807, 2.05) is 48.7 Å². The number of aromatic nitrogens is 2.